The molecule has 132 valence electrons. The quantitative estimate of drug-likeness (QED) is 0.695. The molecule has 0 saturated heterocycles. The van der Waals surface area contributed by atoms with Crippen LogP contribution in [0.3, 0.4) is 0 Å². The highest BCUT2D eigenvalue weighted by Gasteiger charge is 2.26. The fourth-order valence-corrected chi connectivity index (χ4v) is 4.02. The maximum atomic E-state index is 12.2. The first-order valence-electron chi connectivity index (χ1n) is 8.58. The number of amides is 1. The molecule has 0 saturated carbocycles. The molecule has 2 heterocycles. The van der Waals surface area contributed by atoms with Crippen LogP contribution in [-0.4, -0.2) is 16.9 Å². The van der Waals surface area contributed by atoms with Crippen LogP contribution < -0.4 is 5.32 Å². The van der Waals surface area contributed by atoms with E-state index in [1.165, 1.54) is 11.3 Å². The lowest BCUT2D eigenvalue weighted by Gasteiger charge is -2.24. The molecule has 1 aliphatic rings. The van der Waals surface area contributed by atoms with E-state index in [1.54, 1.807) is 0 Å². The molecule has 0 bridgehead atoms. The van der Waals surface area contributed by atoms with Gasteiger partial charge in [-0.25, -0.2) is 4.98 Å². The van der Waals surface area contributed by atoms with Crippen molar-refractivity contribution in [1.29, 1.82) is 0 Å². The number of aromatic nitrogens is 1. The lowest BCUT2D eigenvalue weighted by Crippen LogP contribution is -2.30. The smallest absolute Gasteiger partial charge is 0.306 e. The van der Waals surface area contributed by atoms with E-state index in [9.17, 15) is 9.59 Å². The second kappa shape index (κ2) is 7.25. The highest BCUT2D eigenvalue weighted by Crippen LogP contribution is 2.28. The molecular weight excluding hydrogens is 348 g/mol. The van der Waals surface area contributed by atoms with E-state index >= 15 is 0 Å². The minimum absolute atomic E-state index is 0.0253. The van der Waals surface area contributed by atoms with Gasteiger partial charge in [-0.05, 0) is 36.6 Å². The number of hydrogen-bond donors (Lipinski definition) is 1. The third-order valence-corrected chi connectivity index (χ3v) is 5.51. The molecule has 4 rings (SSSR count). The van der Waals surface area contributed by atoms with Crippen molar-refractivity contribution in [2.75, 3.05) is 5.32 Å². The Bertz CT molecular complexity index is 933. The number of rotatable bonds is 5. The lowest BCUT2D eigenvalue weighted by atomic mass is 9.90. The molecule has 6 heteroatoms. The van der Waals surface area contributed by atoms with Crippen molar-refractivity contribution in [3.63, 3.8) is 0 Å². The maximum absolute atomic E-state index is 12.2. The Morgan fingerprint density at radius 2 is 2.00 bits per heavy atom. The maximum Gasteiger partial charge on any atom is 0.306 e. The molecule has 0 fully saturated rings. The first-order valence-corrected chi connectivity index (χ1v) is 9.39. The summed E-state index contributed by atoms with van der Waals surface area (Å²) in [5.74, 6) is -0.515. The minimum atomic E-state index is -0.295. The zero-order valence-electron chi connectivity index (χ0n) is 14.1. The van der Waals surface area contributed by atoms with Crippen molar-refractivity contribution in [2.45, 2.75) is 25.9 Å². The number of hydrogen-bond acceptors (Lipinski definition) is 5. The monoisotopic (exact) mass is 366 g/mol. The average Bonchev–Trinajstić information content (AvgIpc) is 3.07. The Hall–Kier alpha value is -2.73. The number of anilines is 1. The van der Waals surface area contributed by atoms with E-state index in [1.807, 2.05) is 48.5 Å². The molecule has 1 unspecified atom stereocenters. The summed E-state index contributed by atoms with van der Waals surface area (Å²) < 4.78 is 6.41. The Labute approximate surface area is 155 Å². The summed E-state index contributed by atoms with van der Waals surface area (Å²) in [7, 11) is 0. The Balaban J connectivity index is 1.29. The molecule has 0 aliphatic carbocycles. The summed E-state index contributed by atoms with van der Waals surface area (Å²) in [6, 6.07) is 15.6. The number of carbonyl (C=O) groups is 2. The van der Waals surface area contributed by atoms with Crippen molar-refractivity contribution < 1.29 is 14.3 Å². The van der Waals surface area contributed by atoms with E-state index in [-0.39, 0.29) is 30.8 Å². The zero-order chi connectivity index (χ0) is 17.9. The Kier molecular flexibility index (Phi) is 4.67. The molecular formula is C20H18N2O3S. The lowest BCUT2D eigenvalue weighted by molar-refractivity contribution is -0.145. The van der Waals surface area contributed by atoms with Crippen LogP contribution >= 0.6 is 11.3 Å². The summed E-state index contributed by atoms with van der Waals surface area (Å²) in [4.78, 5) is 28.7. The van der Waals surface area contributed by atoms with E-state index in [0.29, 0.717) is 12.8 Å². The number of fused-ring (bicyclic) bond motifs is 2. The van der Waals surface area contributed by atoms with Gasteiger partial charge in [-0.1, -0.05) is 30.3 Å². The van der Waals surface area contributed by atoms with Gasteiger partial charge in [0.2, 0.25) is 5.91 Å². The largest absolute Gasteiger partial charge is 0.458 e. The number of esters is 1. The van der Waals surface area contributed by atoms with Crippen LogP contribution in [0.4, 0.5) is 5.69 Å². The molecule has 5 nitrogen and oxygen atoms in total. The second-order valence-corrected chi connectivity index (χ2v) is 7.44. The Morgan fingerprint density at radius 1 is 1.19 bits per heavy atom. The van der Waals surface area contributed by atoms with Crippen molar-refractivity contribution in [3.05, 3.63) is 59.1 Å². The molecule has 26 heavy (non-hydrogen) atoms. The van der Waals surface area contributed by atoms with Gasteiger partial charge in [0, 0.05) is 18.0 Å². The van der Waals surface area contributed by atoms with E-state index in [2.05, 4.69) is 10.3 Å². The van der Waals surface area contributed by atoms with Crippen LogP contribution in [0.1, 0.15) is 23.4 Å². The number of carbonyl (C=O) groups excluding carboxylic acids is 2. The van der Waals surface area contributed by atoms with Gasteiger partial charge in [0.05, 0.1) is 10.2 Å². The van der Waals surface area contributed by atoms with Gasteiger partial charge in [0.15, 0.2) is 0 Å². The normalized spacial score (nSPS) is 16.2. The van der Waals surface area contributed by atoms with Crippen molar-refractivity contribution in [3.8, 4) is 0 Å². The molecule has 1 atom stereocenters. The van der Waals surface area contributed by atoms with Crippen LogP contribution in [0, 0.1) is 5.92 Å². The third kappa shape index (κ3) is 3.60. The second-order valence-electron chi connectivity index (χ2n) is 6.32. The summed E-state index contributed by atoms with van der Waals surface area (Å²) >= 11 is 1.53. The fourth-order valence-electron chi connectivity index (χ4n) is 3.13. The van der Waals surface area contributed by atoms with Gasteiger partial charge in [0.25, 0.3) is 0 Å². The number of thiazole rings is 1. The average molecular weight is 366 g/mol. The van der Waals surface area contributed by atoms with E-state index in [4.69, 9.17) is 4.74 Å². The van der Waals surface area contributed by atoms with E-state index in [0.717, 1.165) is 26.5 Å². The summed E-state index contributed by atoms with van der Waals surface area (Å²) in [5.41, 5.74) is 2.90. The van der Waals surface area contributed by atoms with Crippen LogP contribution in [0.15, 0.2) is 48.5 Å². The van der Waals surface area contributed by atoms with Gasteiger partial charge in [0.1, 0.15) is 11.6 Å². The molecule has 3 aromatic rings. The fraction of sp³-hybridized carbons (Fsp3) is 0.250. The zero-order valence-corrected chi connectivity index (χ0v) is 14.9. The summed E-state index contributed by atoms with van der Waals surface area (Å²) in [5, 5.41) is 3.69. The van der Waals surface area contributed by atoms with E-state index < -0.39 is 0 Å². The van der Waals surface area contributed by atoms with Gasteiger partial charge in [-0.15, -0.1) is 11.3 Å². The van der Waals surface area contributed by atoms with Crippen LogP contribution in [0.5, 0.6) is 0 Å². The predicted molar refractivity (Wildman–Crippen MR) is 101 cm³/mol. The molecule has 1 N–H and O–H groups in total. The van der Waals surface area contributed by atoms with Gasteiger partial charge in [-0.3, -0.25) is 9.59 Å². The summed E-state index contributed by atoms with van der Waals surface area (Å²) in [6.07, 6.45) is 1.37. The van der Waals surface area contributed by atoms with Crippen molar-refractivity contribution in [1.82, 2.24) is 4.98 Å². The Morgan fingerprint density at radius 3 is 2.88 bits per heavy atom. The topological polar surface area (TPSA) is 68.3 Å². The molecule has 0 spiro atoms. The summed E-state index contributed by atoms with van der Waals surface area (Å²) in [6.45, 7) is 0.178. The third-order valence-electron chi connectivity index (χ3n) is 4.50. The standard InChI is InChI=1S/C20H18N2O3S/c23-19(25-12-18-21-16-7-3-4-8-17(16)26-18)10-9-14-11-13-5-1-2-6-15(13)22-20(14)24/h1-8,14H,9-12H2,(H,22,24). The SMILES string of the molecule is O=C(CCC1Cc2ccccc2NC1=O)OCc1nc2ccccc2s1. The highest BCUT2D eigenvalue weighted by molar-refractivity contribution is 7.18. The molecule has 1 aromatic heterocycles. The van der Waals surface area contributed by atoms with Gasteiger partial charge in [-0.2, -0.15) is 0 Å². The van der Waals surface area contributed by atoms with Crippen LogP contribution in [-0.2, 0) is 27.4 Å². The van der Waals surface area contributed by atoms with Crippen LogP contribution in [0.2, 0.25) is 0 Å². The van der Waals surface area contributed by atoms with Gasteiger partial charge >= 0.3 is 5.97 Å². The number of benzene rings is 2. The van der Waals surface area contributed by atoms with Gasteiger partial charge < -0.3 is 10.1 Å². The van der Waals surface area contributed by atoms with Crippen LogP contribution in [0.25, 0.3) is 10.2 Å². The first-order chi connectivity index (χ1) is 12.7. The van der Waals surface area contributed by atoms with Crippen molar-refractivity contribution >= 4 is 39.1 Å². The number of para-hydroxylation sites is 2. The molecule has 1 amide bonds. The van der Waals surface area contributed by atoms with Crippen molar-refractivity contribution in [2.24, 2.45) is 5.92 Å². The molecule has 2 aromatic carbocycles. The molecule has 0 radical (unpaired) electrons. The number of ether oxygens (including phenoxy) is 1. The number of nitrogens with zero attached hydrogens (tertiary/aromatic N) is 1. The molecule has 1 aliphatic heterocycles. The predicted octanol–water partition coefficient (Wildman–Crippen LogP) is 3.93. The highest BCUT2D eigenvalue weighted by atomic mass is 32.1. The number of nitrogens with one attached hydrogen (secondary N) is 1. The first kappa shape index (κ1) is 16.7. The minimum Gasteiger partial charge on any atom is -0.458 e.